The Labute approximate surface area is 370 Å². The highest BCUT2D eigenvalue weighted by atomic mass is 15.1. The summed E-state index contributed by atoms with van der Waals surface area (Å²) >= 11 is 0. The highest BCUT2D eigenvalue weighted by molar-refractivity contribution is 6.08. The van der Waals surface area contributed by atoms with Gasteiger partial charge in [-0.05, 0) is 132 Å². The van der Waals surface area contributed by atoms with Crippen molar-refractivity contribution in [3.63, 3.8) is 0 Å². The fourth-order valence-corrected chi connectivity index (χ4v) is 11.1. The van der Waals surface area contributed by atoms with Crippen LogP contribution in [-0.4, -0.2) is 0 Å². The molecule has 1 fully saturated rings. The van der Waals surface area contributed by atoms with Gasteiger partial charge in [-0.1, -0.05) is 207 Å². The van der Waals surface area contributed by atoms with Crippen molar-refractivity contribution >= 4 is 38.6 Å². The van der Waals surface area contributed by atoms with Gasteiger partial charge in [0.05, 0.1) is 5.69 Å². The van der Waals surface area contributed by atoms with Crippen molar-refractivity contribution in [1.29, 1.82) is 0 Å². The zero-order valence-electron chi connectivity index (χ0n) is 35.3. The van der Waals surface area contributed by atoms with E-state index in [1.807, 2.05) is 0 Å². The molecule has 0 unspecified atom stereocenters. The van der Waals surface area contributed by atoms with Gasteiger partial charge < -0.3 is 4.90 Å². The molecular formula is C62H47N. The third-order valence-electron chi connectivity index (χ3n) is 14.1. The molecule has 0 aromatic heterocycles. The predicted molar refractivity (Wildman–Crippen MR) is 267 cm³/mol. The van der Waals surface area contributed by atoms with Crippen molar-refractivity contribution in [2.45, 2.75) is 37.5 Å². The summed E-state index contributed by atoms with van der Waals surface area (Å²) in [5, 5.41) is 5.11. The van der Waals surface area contributed by atoms with Crippen LogP contribution in [0.5, 0.6) is 0 Å². The van der Waals surface area contributed by atoms with E-state index in [1.165, 1.54) is 120 Å². The summed E-state index contributed by atoms with van der Waals surface area (Å²) in [7, 11) is 0. The van der Waals surface area contributed by atoms with Gasteiger partial charge >= 0.3 is 0 Å². The van der Waals surface area contributed by atoms with Crippen LogP contribution in [0.4, 0.5) is 17.1 Å². The molecule has 1 nitrogen and oxygen atoms in total. The van der Waals surface area contributed by atoms with Crippen molar-refractivity contribution in [1.82, 2.24) is 0 Å². The zero-order valence-corrected chi connectivity index (χ0v) is 35.3. The molecule has 2 aliphatic carbocycles. The summed E-state index contributed by atoms with van der Waals surface area (Å²) in [5.41, 5.74) is 19.0. The van der Waals surface area contributed by atoms with E-state index < -0.39 is 0 Å². The Morgan fingerprint density at radius 2 is 0.857 bits per heavy atom. The summed E-state index contributed by atoms with van der Waals surface area (Å²) in [6, 6.07) is 83.5. The van der Waals surface area contributed by atoms with E-state index in [0.29, 0.717) is 0 Å². The minimum atomic E-state index is 0.102. The monoisotopic (exact) mass is 805 g/mol. The van der Waals surface area contributed by atoms with Gasteiger partial charge in [0.2, 0.25) is 0 Å². The molecule has 1 spiro atoms. The Kier molecular flexibility index (Phi) is 9.15. The minimum absolute atomic E-state index is 0.102. The maximum atomic E-state index is 2.50. The molecule has 0 radical (unpaired) electrons. The normalized spacial score (nSPS) is 13.8. The first-order valence-corrected chi connectivity index (χ1v) is 22.6. The van der Waals surface area contributed by atoms with Gasteiger partial charge in [-0.25, -0.2) is 0 Å². The fourth-order valence-electron chi connectivity index (χ4n) is 11.1. The molecule has 0 atom stereocenters. The Morgan fingerprint density at radius 3 is 1.65 bits per heavy atom. The Bertz CT molecular complexity index is 3320. The second kappa shape index (κ2) is 15.5. The Balaban J connectivity index is 1.03. The SMILES string of the molecule is c1ccc(-c2ccccc2-c2ccccc2-c2ccccc2N(c2ccc(-c3ccc4c(ccc5ccccc54)c3)cc2)c2ccc3c(c2)-c2ccccc2C32CCCCC2)cc1. The molecule has 0 aliphatic heterocycles. The standard InChI is InChI=1S/C62H47N/c1-3-17-44(18-4-1)51-21-7-8-22-53(51)54-23-9-10-24-55(54)57-26-12-14-28-61(57)63(49-36-38-60-58(42-49)56-25-11-13-27-59(56)62(60)39-15-2-16-40-62)48-34-31-43(32-35-48)46-33-37-52-47(41-46)30-29-45-19-5-6-20-50(45)52/h1,3-14,17-38,41-42H,2,15-16,39-40H2. The van der Waals surface area contributed by atoms with Crippen LogP contribution in [-0.2, 0) is 5.41 Å². The van der Waals surface area contributed by atoms with Gasteiger partial charge in [-0.3, -0.25) is 0 Å². The molecule has 63 heavy (non-hydrogen) atoms. The first-order valence-electron chi connectivity index (χ1n) is 22.6. The number of anilines is 3. The molecule has 2 aliphatic rings. The number of hydrogen-bond acceptors (Lipinski definition) is 1. The second-order valence-electron chi connectivity index (χ2n) is 17.5. The summed E-state index contributed by atoms with van der Waals surface area (Å²) in [6.07, 6.45) is 6.32. The third kappa shape index (κ3) is 6.30. The number of fused-ring (bicyclic) bond motifs is 8. The van der Waals surface area contributed by atoms with E-state index in [0.717, 1.165) is 17.1 Å². The smallest absolute Gasteiger partial charge is 0.0540 e. The molecule has 1 heteroatoms. The van der Waals surface area contributed by atoms with Crippen molar-refractivity contribution < 1.29 is 0 Å². The topological polar surface area (TPSA) is 3.24 Å². The summed E-state index contributed by atoms with van der Waals surface area (Å²) in [5.74, 6) is 0. The quantitative estimate of drug-likeness (QED) is 0.145. The van der Waals surface area contributed by atoms with Crippen LogP contribution in [0.25, 0.3) is 77.2 Å². The Hall–Kier alpha value is -7.48. The van der Waals surface area contributed by atoms with E-state index in [2.05, 4.69) is 229 Å². The third-order valence-corrected chi connectivity index (χ3v) is 14.1. The lowest BCUT2D eigenvalue weighted by atomic mass is 9.68. The van der Waals surface area contributed by atoms with Crippen LogP contribution in [0.15, 0.2) is 224 Å². The average molecular weight is 806 g/mol. The van der Waals surface area contributed by atoms with Gasteiger partial charge in [0.15, 0.2) is 0 Å². The second-order valence-corrected chi connectivity index (χ2v) is 17.5. The number of hydrogen-bond donors (Lipinski definition) is 0. The van der Waals surface area contributed by atoms with Crippen molar-refractivity contribution in [2.24, 2.45) is 0 Å². The number of benzene rings is 10. The lowest BCUT2D eigenvalue weighted by Crippen LogP contribution is -2.28. The molecule has 0 amide bonds. The van der Waals surface area contributed by atoms with Gasteiger partial charge in [0.1, 0.15) is 0 Å². The number of para-hydroxylation sites is 1. The van der Waals surface area contributed by atoms with Crippen LogP contribution in [0, 0.1) is 0 Å². The molecule has 10 aromatic carbocycles. The zero-order chi connectivity index (χ0) is 41.7. The molecule has 0 N–H and O–H groups in total. The van der Waals surface area contributed by atoms with Crippen LogP contribution >= 0.6 is 0 Å². The number of nitrogens with zero attached hydrogens (tertiary/aromatic N) is 1. The van der Waals surface area contributed by atoms with Gasteiger partial charge in [0.25, 0.3) is 0 Å². The largest absolute Gasteiger partial charge is 0.310 e. The molecule has 0 heterocycles. The summed E-state index contributed by atoms with van der Waals surface area (Å²) < 4.78 is 0. The lowest BCUT2D eigenvalue weighted by molar-refractivity contribution is 0.353. The van der Waals surface area contributed by atoms with Crippen LogP contribution in [0.1, 0.15) is 43.2 Å². The van der Waals surface area contributed by atoms with Gasteiger partial charge in [0, 0.05) is 22.4 Å². The maximum absolute atomic E-state index is 2.50. The highest BCUT2D eigenvalue weighted by Gasteiger charge is 2.43. The van der Waals surface area contributed by atoms with Crippen LogP contribution < -0.4 is 4.90 Å². The van der Waals surface area contributed by atoms with E-state index in [4.69, 9.17) is 0 Å². The van der Waals surface area contributed by atoms with Crippen LogP contribution in [0.2, 0.25) is 0 Å². The van der Waals surface area contributed by atoms with Crippen molar-refractivity contribution in [3.05, 3.63) is 236 Å². The minimum Gasteiger partial charge on any atom is -0.310 e. The number of rotatable bonds is 7. The van der Waals surface area contributed by atoms with Crippen LogP contribution in [0.3, 0.4) is 0 Å². The van der Waals surface area contributed by atoms with E-state index in [-0.39, 0.29) is 5.41 Å². The molecule has 10 aromatic rings. The van der Waals surface area contributed by atoms with Crippen molar-refractivity contribution in [2.75, 3.05) is 4.90 Å². The summed E-state index contributed by atoms with van der Waals surface area (Å²) in [6.45, 7) is 0. The van der Waals surface area contributed by atoms with Gasteiger partial charge in [-0.2, -0.15) is 0 Å². The molecule has 0 saturated heterocycles. The Morgan fingerprint density at radius 1 is 0.302 bits per heavy atom. The average Bonchev–Trinajstić information content (AvgIpc) is 3.62. The first kappa shape index (κ1) is 37.3. The highest BCUT2D eigenvalue weighted by Crippen LogP contribution is 2.57. The van der Waals surface area contributed by atoms with E-state index >= 15 is 0 Å². The molecule has 0 bridgehead atoms. The van der Waals surface area contributed by atoms with Crippen molar-refractivity contribution in [3.8, 4) is 55.6 Å². The summed E-state index contributed by atoms with van der Waals surface area (Å²) in [4.78, 5) is 2.50. The van der Waals surface area contributed by atoms with E-state index in [1.54, 1.807) is 0 Å². The predicted octanol–water partition coefficient (Wildman–Crippen LogP) is 17.4. The lowest BCUT2D eigenvalue weighted by Gasteiger charge is -2.36. The molecule has 1 saturated carbocycles. The van der Waals surface area contributed by atoms with Gasteiger partial charge in [-0.15, -0.1) is 0 Å². The van der Waals surface area contributed by atoms with E-state index in [9.17, 15) is 0 Å². The first-order chi connectivity index (χ1) is 31.2. The molecular weight excluding hydrogens is 759 g/mol. The fraction of sp³-hybridized carbons (Fsp3) is 0.0968. The molecule has 12 rings (SSSR count). The maximum Gasteiger partial charge on any atom is 0.0540 e. The molecule has 300 valence electrons.